The molecule has 2 aliphatic heterocycles. The van der Waals surface area contributed by atoms with Crippen molar-refractivity contribution in [3.05, 3.63) is 17.7 Å². The summed E-state index contributed by atoms with van der Waals surface area (Å²) in [7, 11) is 0. The third-order valence-electron chi connectivity index (χ3n) is 3.74. The highest BCUT2D eigenvalue weighted by Crippen LogP contribution is 2.37. The highest BCUT2D eigenvalue weighted by molar-refractivity contribution is 6.05. The number of halogens is 2. The number of Topliss-reactive ketones (excluding diaryl/α,β-unsaturated/α-hetero) is 1. The molecule has 0 atom stereocenters. The molecular weight excluding hydrogens is 357 g/mol. The van der Waals surface area contributed by atoms with Crippen LogP contribution in [-0.2, 0) is 4.79 Å². The number of carbonyl (C=O) groups is 2. The fraction of sp³-hybridized carbons (Fsp3) is 0.467. The minimum absolute atomic E-state index is 0. The summed E-state index contributed by atoms with van der Waals surface area (Å²) < 4.78 is 10.6. The maximum atomic E-state index is 12.2. The van der Waals surface area contributed by atoms with Gasteiger partial charge in [0.05, 0.1) is 12.2 Å². The Bertz CT molecular complexity index is 607. The fourth-order valence-electron chi connectivity index (χ4n) is 2.60. The zero-order valence-corrected chi connectivity index (χ0v) is 14.9. The van der Waals surface area contributed by atoms with Crippen molar-refractivity contribution in [1.29, 1.82) is 0 Å². The number of ketones is 1. The van der Waals surface area contributed by atoms with Gasteiger partial charge >= 0.3 is 0 Å². The van der Waals surface area contributed by atoms with Crippen molar-refractivity contribution in [2.75, 3.05) is 44.8 Å². The summed E-state index contributed by atoms with van der Waals surface area (Å²) in [5.74, 6) is 0.812. The molecule has 1 aromatic rings. The second-order valence-electron chi connectivity index (χ2n) is 5.38. The SMILES string of the molecule is CC(=O)c1cc2c(cc1NC(=O)CN1CCNCC1)OCO2.Cl.Cl. The van der Waals surface area contributed by atoms with Gasteiger partial charge in [-0.25, -0.2) is 0 Å². The molecule has 1 fully saturated rings. The quantitative estimate of drug-likeness (QED) is 0.770. The Labute approximate surface area is 152 Å². The van der Waals surface area contributed by atoms with Gasteiger partial charge in [-0.1, -0.05) is 0 Å². The number of nitrogens with zero attached hydrogens (tertiary/aromatic N) is 1. The average Bonchev–Trinajstić information content (AvgIpc) is 2.94. The van der Waals surface area contributed by atoms with Crippen molar-refractivity contribution < 1.29 is 19.1 Å². The Hall–Kier alpha value is -1.54. The minimum atomic E-state index is -0.136. The first-order valence-corrected chi connectivity index (χ1v) is 7.31. The van der Waals surface area contributed by atoms with Gasteiger partial charge in [0.2, 0.25) is 12.7 Å². The summed E-state index contributed by atoms with van der Waals surface area (Å²) in [4.78, 5) is 26.0. The number of hydrogen-bond acceptors (Lipinski definition) is 6. The van der Waals surface area contributed by atoms with E-state index in [-0.39, 0.29) is 43.3 Å². The van der Waals surface area contributed by atoms with Crippen molar-refractivity contribution in [1.82, 2.24) is 10.2 Å². The second-order valence-corrected chi connectivity index (χ2v) is 5.38. The second kappa shape index (κ2) is 9.08. The molecule has 24 heavy (non-hydrogen) atoms. The standard InChI is InChI=1S/C15H19N3O4.2ClH/c1-10(19)11-6-13-14(22-9-21-13)7-12(11)17-15(20)8-18-4-2-16-3-5-18;;/h6-7,16H,2-5,8-9H2,1H3,(H,17,20);2*1H. The van der Waals surface area contributed by atoms with Gasteiger partial charge in [-0.2, -0.15) is 0 Å². The van der Waals surface area contributed by atoms with Crippen LogP contribution in [0.4, 0.5) is 5.69 Å². The number of ether oxygens (including phenoxy) is 2. The van der Waals surface area contributed by atoms with Gasteiger partial charge in [0.15, 0.2) is 17.3 Å². The number of carbonyl (C=O) groups excluding carboxylic acids is 2. The van der Waals surface area contributed by atoms with Gasteiger partial charge in [-0.05, 0) is 13.0 Å². The highest BCUT2D eigenvalue weighted by atomic mass is 35.5. The van der Waals surface area contributed by atoms with Crippen LogP contribution in [0.3, 0.4) is 0 Å². The molecule has 134 valence electrons. The molecule has 1 aromatic carbocycles. The first kappa shape index (κ1) is 20.5. The summed E-state index contributed by atoms with van der Waals surface area (Å²) in [6.45, 7) is 5.36. The summed E-state index contributed by atoms with van der Waals surface area (Å²) in [6, 6.07) is 3.26. The Morgan fingerprint density at radius 1 is 1.17 bits per heavy atom. The van der Waals surface area contributed by atoms with Crippen LogP contribution in [0.15, 0.2) is 12.1 Å². The molecule has 2 heterocycles. The van der Waals surface area contributed by atoms with Crippen molar-refractivity contribution in [3.63, 3.8) is 0 Å². The van der Waals surface area contributed by atoms with Crippen LogP contribution in [0.2, 0.25) is 0 Å². The maximum absolute atomic E-state index is 12.2. The van der Waals surface area contributed by atoms with Gasteiger partial charge in [0.25, 0.3) is 0 Å². The largest absolute Gasteiger partial charge is 0.454 e. The molecule has 0 unspecified atom stereocenters. The Morgan fingerprint density at radius 3 is 2.42 bits per heavy atom. The molecule has 0 saturated carbocycles. The Balaban J connectivity index is 0.00000144. The molecule has 7 nitrogen and oxygen atoms in total. The third-order valence-corrected chi connectivity index (χ3v) is 3.74. The molecule has 1 saturated heterocycles. The van der Waals surface area contributed by atoms with Crippen LogP contribution in [0.5, 0.6) is 11.5 Å². The normalized spacial score (nSPS) is 15.9. The van der Waals surface area contributed by atoms with E-state index < -0.39 is 0 Å². The summed E-state index contributed by atoms with van der Waals surface area (Å²) in [5, 5.41) is 6.05. The number of benzene rings is 1. The number of anilines is 1. The van der Waals surface area contributed by atoms with Crippen LogP contribution in [0.1, 0.15) is 17.3 Å². The first-order chi connectivity index (χ1) is 10.6. The van der Waals surface area contributed by atoms with Crippen LogP contribution < -0.4 is 20.1 Å². The average molecular weight is 378 g/mol. The lowest BCUT2D eigenvalue weighted by molar-refractivity contribution is -0.117. The van der Waals surface area contributed by atoms with E-state index in [1.54, 1.807) is 12.1 Å². The molecule has 0 radical (unpaired) electrons. The predicted molar refractivity (Wildman–Crippen MR) is 95.0 cm³/mol. The zero-order valence-electron chi connectivity index (χ0n) is 13.3. The number of piperazine rings is 1. The molecule has 2 aliphatic rings. The van der Waals surface area contributed by atoms with Gasteiger partial charge < -0.3 is 20.1 Å². The van der Waals surface area contributed by atoms with Crippen molar-refractivity contribution in [3.8, 4) is 11.5 Å². The predicted octanol–water partition coefficient (Wildman–Crippen LogP) is 1.31. The zero-order chi connectivity index (χ0) is 15.5. The fourth-order valence-corrected chi connectivity index (χ4v) is 2.60. The number of nitrogens with one attached hydrogen (secondary N) is 2. The molecule has 9 heteroatoms. The molecule has 0 bridgehead atoms. The van der Waals surface area contributed by atoms with Crippen molar-refractivity contribution in [2.45, 2.75) is 6.92 Å². The van der Waals surface area contributed by atoms with Crippen molar-refractivity contribution in [2.24, 2.45) is 0 Å². The number of hydrogen-bond donors (Lipinski definition) is 2. The monoisotopic (exact) mass is 377 g/mol. The van der Waals surface area contributed by atoms with Gasteiger partial charge in [-0.3, -0.25) is 14.5 Å². The first-order valence-electron chi connectivity index (χ1n) is 7.31. The van der Waals surface area contributed by atoms with Gasteiger partial charge in [0, 0.05) is 37.8 Å². The van der Waals surface area contributed by atoms with E-state index in [4.69, 9.17) is 9.47 Å². The lowest BCUT2D eigenvalue weighted by atomic mass is 10.1. The molecule has 3 rings (SSSR count). The third kappa shape index (κ3) is 4.73. The summed E-state index contributed by atoms with van der Waals surface area (Å²) >= 11 is 0. The van der Waals surface area contributed by atoms with E-state index in [2.05, 4.69) is 15.5 Å². The van der Waals surface area contributed by atoms with E-state index in [1.165, 1.54) is 6.92 Å². The molecule has 1 amide bonds. The van der Waals surface area contributed by atoms with E-state index in [0.29, 0.717) is 29.3 Å². The van der Waals surface area contributed by atoms with Crippen LogP contribution >= 0.6 is 24.8 Å². The molecule has 0 spiro atoms. The van der Waals surface area contributed by atoms with Crippen LogP contribution in [-0.4, -0.2) is 56.1 Å². The van der Waals surface area contributed by atoms with E-state index in [9.17, 15) is 9.59 Å². The molecule has 0 aliphatic carbocycles. The minimum Gasteiger partial charge on any atom is -0.454 e. The van der Waals surface area contributed by atoms with Gasteiger partial charge in [-0.15, -0.1) is 24.8 Å². The number of amides is 1. The van der Waals surface area contributed by atoms with E-state index >= 15 is 0 Å². The molecular formula is C15H21Cl2N3O4. The van der Waals surface area contributed by atoms with E-state index in [1.807, 2.05) is 0 Å². The lowest BCUT2D eigenvalue weighted by Gasteiger charge is -2.26. The van der Waals surface area contributed by atoms with Gasteiger partial charge in [0.1, 0.15) is 0 Å². The lowest BCUT2D eigenvalue weighted by Crippen LogP contribution is -2.46. The Morgan fingerprint density at radius 2 is 1.79 bits per heavy atom. The maximum Gasteiger partial charge on any atom is 0.238 e. The van der Waals surface area contributed by atoms with E-state index in [0.717, 1.165) is 26.2 Å². The van der Waals surface area contributed by atoms with Crippen LogP contribution in [0, 0.1) is 0 Å². The summed E-state index contributed by atoms with van der Waals surface area (Å²) in [5.41, 5.74) is 0.898. The smallest absolute Gasteiger partial charge is 0.238 e. The van der Waals surface area contributed by atoms with Crippen molar-refractivity contribution >= 4 is 42.2 Å². The topological polar surface area (TPSA) is 79.9 Å². The number of rotatable bonds is 4. The highest BCUT2D eigenvalue weighted by Gasteiger charge is 2.21. The molecule has 0 aromatic heterocycles. The van der Waals surface area contributed by atoms with Crippen LogP contribution in [0.25, 0.3) is 0 Å². The number of fused-ring (bicyclic) bond motifs is 1. The Kier molecular flexibility index (Phi) is 7.75. The summed E-state index contributed by atoms with van der Waals surface area (Å²) in [6.07, 6.45) is 0. The molecule has 2 N–H and O–H groups in total.